The third-order valence-electron chi connectivity index (χ3n) is 6.91. The number of aryl methyl sites for hydroxylation is 1. The van der Waals surface area contributed by atoms with E-state index in [0.29, 0.717) is 25.1 Å². The maximum Gasteiger partial charge on any atom is 0.128 e. The van der Waals surface area contributed by atoms with E-state index in [2.05, 4.69) is 65.9 Å². The summed E-state index contributed by atoms with van der Waals surface area (Å²) < 4.78 is 7.39. The zero-order chi connectivity index (χ0) is 22.1. The number of thiophene rings is 1. The lowest BCUT2D eigenvalue weighted by atomic mass is 9.85. The summed E-state index contributed by atoms with van der Waals surface area (Å²) >= 11 is 1.83. The van der Waals surface area contributed by atoms with E-state index in [9.17, 15) is 5.11 Å². The largest absolute Gasteiger partial charge is 0.490 e. The van der Waals surface area contributed by atoms with Gasteiger partial charge in [-0.05, 0) is 85.3 Å². The number of aliphatic hydroxyl groups excluding tert-OH is 1. The zero-order valence-corrected chi connectivity index (χ0v) is 19.7. The van der Waals surface area contributed by atoms with Crippen molar-refractivity contribution in [3.63, 3.8) is 0 Å². The van der Waals surface area contributed by atoms with Crippen molar-refractivity contribution in [3.8, 4) is 5.75 Å². The summed E-state index contributed by atoms with van der Waals surface area (Å²) in [6.07, 6.45) is 5.94. The number of nitrogens with one attached hydrogen (secondary N) is 1. The Morgan fingerprint density at radius 3 is 3.06 bits per heavy atom. The first-order valence-electron chi connectivity index (χ1n) is 11.6. The summed E-state index contributed by atoms with van der Waals surface area (Å²) in [4.78, 5) is 2.42. The molecule has 3 unspecified atom stereocenters. The Hall–Kier alpha value is -2.34. The Labute approximate surface area is 194 Å². The van der Waals surface area contributed by atoms with Crippen LogP contribution in [0.4, 0.5) is 5.69 Å². The van der Waals surface area contributed by atoms with Gasteiger partial charge in [0.25, 0.3) is 0 Å². The van der Waals surface area contributed by atoms with Gasteiger partial charge in [0.15, 0.2) is 0 Å². The highest BCUT2D eigenvalue weighted by molar-refractivity contribution is 7.17. The van der Waals surface area contributed by atoms with Crippen LogP contribution in [0.2, 0.25) is 0 Å². The van der Waals surface area contributed by atoms with Crippen molar-refractivity contribution in [1.29, 1.82) is 0 Å². The van der Waals surface area contributed by atoms with Crippen molar-refractivity contribution in [2.45, 2.75) is 44.8 Å². The molecule has 5 heteroatoms. The lowest BCUT2D eigenvalue weighted by molar-refractivity contribution is 0.0402. The summed E-state index contributed by atoms with van der Waals surface area (Å²) in [5.74, 6) is 1.42. The van der Waals surface area contributed by atoms with Gasteiger partial charge in [0, 0.05) is 35.1 Å². The highest BCUT2D eigenvalue weighted by Gasteiger charge is 2.28. The molecule has 1 fully saturated rings. The second kappa shape index (κ2) is 9.26. The number of anilines is 1. The Bertz CT molecular complexity index is 1120. The highest BCUT2D eigenvalue weighted by Crippen LogP contribution is 2.35. The molecule has 2 aromatic carbocycles. The van der Waals surface area contributed by atoms with Crippen LogP contribution < -0.4 is 10.1 Å². The molecule has 3 aromatic rings. The van der Waals surface area contributed by atoms with Crippen LogP contribution in [0.3, 0.4) is 0 Å². The Morgan fingerprint density at radius 2 is 2.19 bits per heavy atom. The normalized spacial score (nSPS) is 21.8. The second-order valence-electron chi connectivity index (χ2n) is 9.21. The number of benzene rings is 2. The van der Waals surface area contributed by atoms with Gasteiger partial charge in [0.1, 0.15) is 18.5 Å². The molecule has 0 saturated carbocycles. The molecule has 0 spiro atoms. The third kappa shape index (κ3) is 4.42. The number of nitrogens with zero attached hydrogens (tertiary/aromatic N) is 1. The van der Waals surface area contributed by atoms with Gasteiger partial charge < -0.3 is 15.2 Å². The van der Waals surface area contributed by atoms with Crippen molar-refractivity contribution in [3.05, 3.63) is 64.5 Å². The maximum absolute atomic E-state index is 10.7. The van der Waals surface area contributed by atoms with Crippen molar-refractivity contribution in [1.82, 2.24) is 4.90 Å². The minimum absolute atomic E-state index is 0.311. The summed E-state index contributed by atoms with van der Waals surface area (Å²) in [6, 6.07) is 13.5. The monoisotopic (exact) mass is 448 g/mol. The quantitative estimate of drug-likeness (QED) is 0.511. The number of piperidine rings is 1. The molecule has 0 bridgehead atoms. The molecule has 2 N–H and O–H groups in total. The number of aliphatic hydroxyl groups is 1. The highest BCUT2D eigenvalue weighted by atomic mass is 32.1. The molecule has 32 heavy (non-hydrogen) atoms. The lowest BCUT2D eigenvalue weighted by Crippen LogP contribution is -2.45. The van der Waals surface area contributed by atoms with E-state index in [4.69, 9.17) is 4.74 Å². The molecule has 168 valence electrons. The van der Waals surface area contributed by atoms with Crippen molar-refractivity contribution in [2.24, 2.45) is 0 Å². The van der Waals surface area contributed by atoms with E-state index >= 15 is 0 Å². The van der Waals surface area contributed by atoms with Crippen molar-refractivity contribution < 1.29 is 9.84 Å². The maximum atomic E-state index is 10.7. The van der Waals surface area contributed by atoms with Crippen LogP contribution in [0.5, 0.6) is 5.75 Å². The first-order valence-corrected chi connectivity index (χ1v) is 12.5. The molecule has 3 atom stereocenters. The molecule has 0 radical (unpaired) electrons. The van der Waals surface area contributed by atoms with E-state index in [-0.39, 0.29) is 0 Å². The summed E-state index contributed by atoms with van der Waals surface area (Å²) in [6.45, 7) is 7.31. The van der Waals surface area contributed by atoms with Gasteiger partial charge in [-0.3, -0.25) is 4.90 Å². The van der Waals surface area contributed by atoms with Crippen LogP contribution in [0.1, 0.15) is 42.4 Å². The number of fused-ring (bicyclic) bond motifs is 2. The fourth-order valence-electron chi connectivity index (χ4n) is 5.07. The van der Waals surface area contributed by atoms with Crippen molar-refractivity contribution >= 4 is 33.2 Å². The molecule has 2 aliphatic rings. The van der Waals surface area contributed by atoms with E-state index in [1.165, 1.54) is 21.2 Å². The lowest BCUT2D eigenvalue weighted by Gasteiger charge is -2.39. The molecule has 4 nitrogen and oxygen atoms in total. The Morgan fingerprint density at radius 1 is 1.28 bits per heavy atom. The third-order valence-corrected chi connectivity index (χ3v) is 8.00. The average molecular weight is 449 g/mol. The summed E-state index contributed by atoms with van der Waals surface area (Å²) in [7, 11) is 0. The van der Waals surface area contributed by atoms with Gasteiger partial charge >= 0.3 is 0 Å². The predicted molar refractivity (Wildman–Crippen MR) is 135 cm³/mol. The minimum atomic E-state index is -0.504. The molecular weight excluding hydrogens is 416 g/mol. The van der Waals surface area contributed by atoms with Crippen LogP contribution in [0, 0.1) is 6.92 Å². The fourth-order valence-corrected chi connectivity index (χ4v) is 6.00. The van der Waals surface area contributed by atoms with E-state index in [0.717, 1.165) is 42.9 Å². The molecule has 1 saturated heterocycles. The van der Waals surface area contributed by atoms with Crippen LogP contribution in [-0.4, -0.2) is 48.4 Å². The molecule has 1 aromatic heterocycles. The Balaban J connectivity index is 1.16. The predicted octanol–water partition coefficient (Wildman–Crippen LogP) is 5.66. The molecular formula is C27H32N2O2S. The van der Waals surface area contributed by atoms with Gasteiger partial charge in [0.05, 0.1) is 0 Å². The number of rotatable bonds is 6. The summed E-state index contributed by atoms with van der Waals surface area (Å²) in [5.41, 5.74) is 5.00. The molecule has 2 aliphatic heterocycles. The standard InChI is InChI=1S/C27H32N2O2S/c1-18-17-32-27-9-8-20(14-24(18)27)21-10-12-29(19(2)13-21)15-22(30)16-31-26-7-3-6-25-23(26)5-4-11-28-25/h3-9,14,17,19,21-22,28,30H,10-13,15-16H2,1-2H3. The second-order valence-corrected chi connectivity index (χ2v) is 10.1. The van der Waals surface area contributed by atoms with Gasteiger partial charge in [-0.1, -0.05) is 24.3 Å². The zero-order valence-electron chi connectivity index (χ0n) is 18.9. The smallest absolute Gasteiger partial charge is 0.128 e. The van der Waals surface area contributed by atoms with Crippen LogP contribution >= 0.6 is 11.3 Å². The number of β-amino-alcohol motifs (C(OH)–C–C–N with tert-alkyl or cyclic N) is 1. The first kappa shape index (κ1) is 21.5. The first-order chi connectivity index (χ1) is 15.6. The van der Waals surface area contributed by atoms with Gasteiger partial charge in [-0.25, -0.2) is 0 Å². The SMILES string of the molecule is Cc1csc2ccc(C3CCN(CC(O)COc4cccc5c4C=CCN5)C(C)C3)cc12. The van der Waals surface area contributed by atoms with Gasteiger partial charge in [-0.2, -0.15) is 0 Å². The van der Waals surface area contributed by atoms with Crippen molar-refractivity contribution in [2.75, 3.05) is 31.6 Å². The fraction of sp³-hybridized carbons (Fsp3) is 0.407. The van der Waals surface area contributed by atoms with Crippen LogP contribution in [0.25, 0.3) is 16.2 Å². The Kier molecular flexibility index (Phi) is 6.22. The molecule has 5 rings (SSSR count). The minimum Gasteiger partial charge on any atom is -0.490 e. The van der Waals surface area contributed by atoms with Crippen LogP contribution in [-0.2, 0) is 0 Å². The van der Waals surface area contributed by atoms with Crippen LogP contribution in [0.15, 0.2) is 47.9 Å². The number of hydrogen-bond acceptors (Lipinski definition) is 5. The summed E-state index contributed by atoms with van der Waals surface area (Å²) in [5, 5.41) is 17.7. The number of ether oxygens (including phenoxy) is 1. The van der Waals surface area contributed by atoms with Gasteiger partial charge in [-0.15, -0.1) is 11.3 Å². The number of likely N-dealkylation sites (tertiary alicyclic amines) is 1. The number of hydrogen-bond donors (Lipinski definition) is 2. The van der Waals surface area contributed by atoms with E-state index in [1.54, 1.807) is 0 Å². The molecule has 0 amide bonds. The van der Waals surface area contributed by atoms with Gasteiger partial charge in [0.2, 0.25) is 0 Å². The van der Waals surface area contributed by atoms with E-state index in [1.807, 2.05) is 23.5 Å². The van der Waals surface area contributed by atoms with E-state index < -0.39 is 6.10 Å². The molecule has 3 heterocycles. The topological polar surface area (TPSA) is 44.7 Å². The molecule has 0 aliphatic carbocycles. The average Bonchev–Trinajstić information content (AvgIpc) is 3.19.